The van der Waals surface area contributed by atoms with Crippen LogP contribution in [0.5, 0.6) is 0 Å². The molecule has 0 radical (unpaired) electrons. The molecule has 0 saturated heterocycles. The van der Waals surface area contributed by atoms with Crippen LogP contribution >= 0.6 is 0 Å². The minimum Gasteiger partial charge on any atom is -0.326 e. The van der Waals surface area contributed by atoms with Gasteiger partial charge in [-0.15, -0.1) is 0 Å². The molecule has 0 spiro atoms. The Balaban J connectivity index is 2.07. The van der Waals surface area contributed by atoms with Crippen LogP contribution in [0.15, 0.2) is 29.2 Å². The minimum atomic E-state index is -3.65. The third kappa shape index (κ3) is 3.61. The van der Waals surface area contributed by atoms with Crippen molar-refractivity contribution in [3.63, 3.8) is 0 Å². The van der Waals surface area contributed by atoms with Crippen molar-refractivity contribution in [1.29, 1.82) is 0 Å². The van der Waals surface area contributed by atoms with E-state index >= 15 is 0 Å². The van der Waals surface area contributed by atoms with Crippen LogP contribution in [-0.4, -0.2) is 33.0 Å². The van der Waals surface area contributed by atoms with Crippen molar-refractivity contribution in [3.05, 3.63) is 24.3 Å². The van der Waals surface area contributed by atoms with Gasteiger partial charge in [0.1, 0.15) is 0 Å². The summed E-state index contributed by atoms with van der Waals surface area (Å²) < 4.78 is 24.8. The summed E-state index contributed by atoms with van der Waals surface area (Å²) in [5.74, 6) is 0.0881. The van der Waals surface area contributed by atoms with Crippen LogP contribution < -0.4 is 5.32 Å². The van der Waals surface area contributed by atoms with Gasteiger partial charge < -0.3 is 5.32 Å². The maximum absolute atomic E-state index is 12.0. The fourth-order valence-corrected chi connectivity index (χ4v) is 3.36. The second kappa shape index (κ2) is 6.55. The van der Waals surface area contributed by atoms with Crippen LogP contribution in [0, 0.1) is 5.92 Å². The van der Waals surface area contributed by atoms with Crippen LogP contribution in [0.1, 0.15) is 25.7 Å². The Labute approximate surface area is 125 Å². The molecule has 0 aliphatic heterocycles. The van der Waals surface area contributed by atoms with Crippen LogP contribution in [0.4, 0.5) is 5.69 Å². The standard InChI is InChI=1S/C14H20N2O4S/c1-16(20-2)21(18,19)13-9-7-12(8-10-13)15-14(17)11-5-3-4-6-11/h7-11H,3-6H2,1-2H3,(H,15,17). The average molecular weight is 312 g/mol. The Morgan fingerprint density at radius 1 is 1.24 bits per heavy atom. The monoisotopic (exact) mass is 312 g/mol. The summed E-state index contributed by atoms with van der Waals surface area (Å²) in [6.45, 7) is 0. The Morgan fingerprint density at radius 2 is 1.81 bits per heavy atom. The van der Waals surface area contributed by atoms with E-state index in [1.54, 1.807) is 12.1 Å². The Morgan fingerprint density at radius 3 is 2.33 bits per heavy atom. The highest BCUT2D eigenvalue weighted by Gasteiger charge is 2.23. The van der Waals surface area contributed by atoms with Gasteiger partial charge in [0.25, 0.3) is 10.0 Å². The van der Waals surface area contributed by atoms with Crippen molar-refractivity contribution in [2.24, 2.45) is 5.92 Å². The first kappa shape index (κ1) is 15.9. The third-order valence-corrected chi connectivity index (χ3v) is 5.44. The van der Waals surface area contributed by atoms with Crippen LogP contribution in [0.25, 0.3) is 0 Å². The van der Waals surface area contributed by atoms with Gasteiger partial charge in [0.2, 0.25) is 5.91 Å². The Kier molecular flexibility index (Phi) is 4.97. The molecule has 1 aliphatic carbocycles. The summed E-state index contributed by atoms with van der Waals surface area (Å²) in [5.41, 5.74) is 0.603. The Hall–Kier alpha value is -1.44. The fourth-order valence-electron chi connectivity index (χ4n) is 2.39. The topological polar surface area (TPSA) is 75.7 Å². The van der Waals surface area contributed by atoms with E-state index in [0.29, 0.717) is 5.69 Å². The van der Waals surface area contributed by atoms with Gasteiger partial charge in [0, 0.05) is 18.7 Å². The zero-order chi connectivity index (χ0) is 15.5. The lowest BCUT2D eigenvalue weighted by Gasteiger charge is -2.15. The fraction of sp³-hybridized carbons (Fsp3) is 0.500. The van der Waals surface area contributed by atoms with Crippen molar-refractivity contribution in [1.82, 2.24) is 4.47 Å². The number of hydroxylamine groups is 1. The molecule has 1 aromatic carbocycles. The number of carbonyl (C=O) groups excluding carboxylic acids is 1. The molecule has 1 fully saturated rings. The van der Waals surface area contributed by atoms with E-state index in [-0.39, 0.29) is 16.7 Å². The van der Waals surface area contributed by atoms with E-state index in [1.165, 1.54) is 26.3 Å². The van der Waals surface area contributed by atoms with Crippen LogP contribution in [0.3, 0.4) is 0 Å². The molecule has 0 heterocycles. The van der Waals surface area contributed by atoms with Gasteiger partial charge in [0.05, 0.1) is 12.0 Å². The second-order valence-electron chi connectivity index (χ2n) is 5.09. The molecule has 1 saturated carbocycles. The second-order valence-corrected chi connectivity index (χ2v) is 7.03. The van der Waals surface area contributed by atoms with Gasteiger partial charge in [-0.2, -0.15) is 0 Å². The molecular weight excluding hydrogens is 292 g/mol. The van der Waals surface area contributed by atoms with E-state index in [1.807, 2.05) is 0 Å². The average Bonchev–Trinajstić information content (AvgIpc) is 3.01. The lowest BCUT2D eigenvalue weighted by molar-refractivity contribution is -0.119. The van der Waals surface area contributed by atoms with E-state index in [0.717, 1.165) is 30.2 Å². The summed E-state index contributed by atoms with van der Waals surface area (Å²) in [7, 11) is -1.04. The number of sulfonamides is 1. The molecule has 7 heteroatoms. The van der Waals surface area contributed by atoms with Crippen molar-refractivity contribution < 1.29 is 18.0 Å². The number of nitrogens with one attached hydrogen (secondary N) is 1. The molecule has 2 rings (SSSR count). The van der Waals surface area contributed by atoms with Crippen molar-refractivity contribution in [3.8, 4) is 0 Å². The predicted molar refractivity (Wildman–Crippen MR) is 79.0 cm³/mol. The van der Waals surface area contributed by atoms with Crippen molar-refractivity contribution in [2.45, 2.75) is 30.6 Å². The van der Waals surface area contributed by atoms with Crippen molar-refractivity contribution in [2.75, 3.05) is 19.5 Å². The van der Waals surface area contributed by atoms with Gasteiger partial charge in [-0.25, -0.2) is 8.42 Å². The first-order valence-electron chi connectivity index (χ1n) is 6.89. The molecule has 1 aromatic rings. The molecule has 1 aliphatic rings. The number of nitrogens with zero attached hydrogens (tertiary/aromatic N) is 1. The predicted octanol–water partition coefficient (Wildman–Crippen LogP) is 2.00. The SMILES string of the molecule is CON(C)S(=O)(=O)c1ccc(NC(=O)C2CCCC2)cc1. The van der Waals surface area contributed by atoms with Gasteiger partial charge in [-0.3, -0.25) is 9.63 Å². The largest absolute Gasteiger partial charge is 0.326 e. The summed E-state index contributed by atoms with van der Waals surface area (Å²) in [6.07, 6.45) is 4.05. The number of hydrogen-bond acceptors (Lipinski definition) is 4. The molecular formula is C14H20N2O4S. The number of amides is 1. The van der Waals surface area contributed by atoms with Crippen LogP contribution in [0.2, 0.25) is 0 Å². The number of benzene rings is 1. The zero-order valence-electron chi connectivity index (χ0n) is 12.2. The first-order chi connectivity index (χ1) is 9.95. The molecule has 0 aromatic heterocycles. The number of carbonyl (C=O) groups is 1. The smallest absolute Gasteiger partial charge is 0.264 e. The third-order valence-electron chi connectivity index (χ3n) is 3.74. The lowest BCUT2D eigenvalue weighted by Crippen LogP contribution is -2.25. The molecule has 0 bridgehead atoms. The highest BCUT2D eigenvalue weighted by Crippen LogP contribution is 2.26. The molecule has 0 atom stereocenters. The zero-order valence-corrected chi connectivity index (χ0v) is 13.0. The van der Waals surface area contributed by atoms with Crippen molar-refractivity contribution >= 4 is 21.6 Å². The highest BCUT2D eigenvalue weighted by atomic mass is 32.2. The summed E-state index contributed by atoms with van der Waals surface area (Å²) in [4.78, 5) is 16.8. The first-order valence-corrected chi connectivity index (χ1v) is 8.33. The maximum atomic E-state index is 12.0. The lowest BCUT2D eigenvalue weighted by atomic mass is 10.1. The summed E-state index contributed by atoms with van der Waals surface area (Å²) in [5, 5.41) is 2.83. The van der Waals surface area contributed by atoms with E-state index in [4.69, 9.17) is 4.84 Å². The number of anilines is 1. The van der Waals surface area contributed by atoms with Gasteiger partial charge in [-0.1, -0.05) is 17.3 Å². The highest BCUT2D eigenvalue weighted by molar-refractivity contribution is 7.89. The van der Waals surface area contributed by atoms with Gasteiger partial charge in [0.15, 0.2) is 0 Å². The molecule has 116 valence electrons. The summed E-state index contributed by atoms with van der Waals surface area (Å²) >= 11 is 0. The molecule has 0 unspecified atom stereocenters. The van der Waals surface area contributed by atoms with E-state index in [2.05, 4.69) is 5.32 Å². The quantitative estimate of drug-likeness (QED) is 0.844. The normalized spacial score (nSPS) is 16.3. The summed E-state index contributed by atoms with van der Waals surface area (Å²) in [6, 6.07) is 6.08. The molecule has 6 nitrogen and oxygen atoms in total. The minimum absolute atomic E-state index is 0.0112. The molecule has 1 N–H and O–H groups in total. The van der Waals surface area contributed by atoms with Gasteiger partial charge >= 0.3 is 0 Å². The molecule has 1 amide bonds. The maximum Gasteiger partial charge on any atom is 0.264 e. The van der Waals surface area contributed by atoms with Crippen LogP contribution in [-0.2, 0) is 19.7 Å². The van der Waals surface area contributed by atoms with Gasteiger partial charge in [-0.05, 0) is 37.1 Å². The van der Waals surface area contributed by atoms with E-state index in [9.17, 15) is 13.2 Å². The Bertz CT molecular complexity index is 592. The number of hydrogen-bond donors (Lipinski definition) is 1. The number of rotatable bonds is 5. The van der Waals surface area contributed by atoms with E-state index < -0.39 is 10.0 Å². The molecule has 21 heavy (non-hydrogen) atoms.